The summed E-state index contributed by atoms with van der Waals surface area (Å²) in [6.45, 7) is 0. The minimum absolute atomic E-state index is 1.05. The van der Waals surface area contributed by atoms with Crippen molar-refractivity contribution in [3.05, 3.63) is 376 Å². The zero-order valence-corrected chi connectivity index (χ0v) is 50.7. The fourth-order valence-electron chi connectivity index (χ4n) is 13.5. The molecule has 0 atom stereocenters. The van der Waals surface area contributed by atoms with E-state index < -0.39 is 0 Å². The van der Waals surface area contributed by atoms with Gasteiger partial charge in [-0.3, -0.25) is 0 Å². The van der Waals surface area contributed by atoms with Crippen molar-refractivity contribution in [2.75, 3.05) is 9.80 Å². The van der Waals surface area contributed by atoms with Crippen LogP contribution in [-0.2, 0) is 0 Å². The zero-order chi connectivity index (χ0) is 61.2. The first-order valence-electron chi connectivity index (χ1n) is 31.6. The van der Waals surface area contributed by atoms with E-state index in [0.29, 0.717) is 0 Å². The lowest BCUT2D eigenvalue weighted by Gasteiger charge is -2.31. The van der Waals surface area contributed by atoms with Crippen molar-refractivity contribution in [2.24, 2.45) is 0 Å². The third kappa shape index (κ3) is 10.9. The molecule has 0 aliphatic heterocycles. The molecule has 0 heterocycles. The molecule has 0 saturated carbocycles. The first-order chi connectivity index (χ1) is 45.6. The molecule has 16 rings (SSSR count). The lowest BCUT2D eigenvalue weighted by atomic mass is 9.91. The molecule has 0 aromatic heterocycles. The summed E-state index contributed by atoms with van der Waals surface area (Å²) in [5.41, 5.74) is 24.6. The third-order valence-electron chi connectivity index (χ3n) is 17.9. The summed E-state index contributed by atoms with van der Waals surface area (Å²) in [6, 6.07) is 138. The van der Waals surface area contributed by atoms with Gasteiger partial charge in [0.1, 0.15) is 0 Å². The predicted octanol–water partition coefficient (Wildman–Crippen LogP) is 25.4. The van der Waals surface area contributed by atoms with Crippen LogP contribution < -0.4 is 9.80 Å². The Morgan fingerprint density at radius 2 is 0.283 bits per heavy atom. The fraction of sp³-hybridized carbons (Fsp3) is 0. The molecular weight excluding hydrogens is 1110 g/mol. The Morgan fingerprint density at radius 1 is 0.120 bits per heavy atom. The highest BCUT2D eigenvalue weighted by molar-refractivity contribution is 6.25. The van der Waals surface area contributed by atoms with Crippen LogP contribution in [0.5, 0.6) is 0 Å². The van der Waals surface area contributed by atoms with Crippen LogP contribution in [0.1, 0.15) is 0 Å². The van der Waals surface area contributed by atoms with Gasteiger partial charge in [0.05, 0.1) is 11.4 Å². The number of rotatable bonds is 14. The van der Waals surface area contributed by atoms with Gasteiger partial charge in [0, 0.05) is 33.5 Å². The van der Waals surface area contributed by atoms with Gasteiger partial charge in [-0.15, -0.1) is 0 Å². The molecule has 92 heavy (non-hydrogen) atoms. The van der Waals surface area contributed by atoms with E-state index in [-0.39, 0.29) is 0 Å². The normalized spacial score (nSPS) is 11.3. The minimum Gasteiger partial charge on any atom is -0.310 e. The second kappa shape index (κ2) is 24.5. The van der Waals surface area contributed by atoms with E-state index in [1.807, 2.05) is 0 Å². The Labute approximate surface area is 538 Å². The van der Waals surface area contributed by atoms with Crippen molar-refractivity contribution in [3.8, 4) is 89.0 Å². The van der Waals surface area contributed by atoms with E-state index in [1.165, 1.54) is 0 Å². The summed E-state index contributed by atoms with van der Waals surface area (Å²) in [5, 5.41) is 6.85. The maximum atomic E-state index is 2.54. The molecule has 0 bridgehead atoms. The molecule has 0 fully saturated rings. The quantitative estimate of drug-likeness (QED) is 0.100. The first-order valence-corrected chi connectivity index (χ1v) is 31.6. The Balaban J connectivity index is 1.01. The number of benzene rings is 16. The second-order valence-corrected chi connectivity index (χ2v) is 23.7. The minimum atomic E-state index is 1.05. The first kappa shape index (κ1) is 55.2. The number of fused-ring (bicyclic) bond motifs is 5. The molecule has 16 aromatic carbocycles. The summed E-state index contributed by atoms with van der Waals surface area (Å²) in [7, 11) is 0. The highest BCUT2D eigenvalue weighted by atomic mass is 15.2. The molecule has 0 saturated heterocycles. The monoisotopic (exact) mass is 1170 g/mol. The average Bonchev–Trinajstić information content (AvgIpc) is 0.743. The van der Waals surface area contributed by atoms with Crippen LogP contribution in [0.3, 0.4) is 0 Å². The molecule has 432 valence electrons. The molecule has 0 unspecified atom stereocenters. The lowest BCUT2D eigenvalue weighted by Crippen LogP contribution is -2.13. The standard InChI is InChI=1S/C90H62N2/c1-9-29-63(30-10-1)71-49-72(64-31-11-2-12-32-64)54-79(53-71)91(80-55-73(65-33-13-3-14-34-65)50-74(56-80)66-35-15-4-16-36-66)89-61-87-84-46-26-28-48-86(84)90(62-88(87)83-45-25-27-47-85(83)89)92(81-57-75(67-37-17-5-18-38-67)51-76(58-81)68-39-19-6-20-40-68)82-59-77(69-41-21-7-22-42-69)52-78(60-82)70-43-23-8-24-44-70/h1-62H. The predicted molar refractivity (Wildman–Crippen MR) is 392 cm³/mol. The highest BCUT2D eigenvalue weighted by Gasteiger charge is 2.26. The van der Waals surface area contributed by atoms with Crippen molar-refractivity contribution in [1.82, 2.24) is 0 Å². The van der Waals surface area contributed by atoms with Crippen LogP contribution in [-0.4, -0.2) is 0 Å². The molecule has 16 aromatic rings. The number of hydrogen-bond acceptors (Lipinski definition) is 2. The third-order valence-corrected chi connectivity index (χ3v) is 17.9. The van der Waals surface area contributed by atoms with Gasteiger partial charge in [0.2, 0.25) is 0 Å². The van der Waals surface area contributed by atoms with Crippen LogP contribution in [0.25, 0.3) is 121 Å². The molecule has 0 N–H and O–H groups in total. The molecule has 0 amide bonds. The van der Waals surface area contributed by atoms with Crippen molar-refractivity contribution in [3.63, 3.8) is 0 Å². The van der Waals surface area contributed by atoms with Gasteiger partial charge in [-0.1, -0.05) is 291 Å². The van der Waals surface area contributed by atoms with Crippen LogP contribution in [0.2, 0.25) is 0 Å². The number of nitrogens with zero attached hydrogens (tertiary/aromatic N) is 2. The number of anilines is 6. The highest BCUT2D eigenvalue weighted by Crippen LogP contribution is 2.51. The molecule has 0 spiro atoms. The van der Waals surface area contributed by atoms with Gasteiger partial charge >= 0.3 is 0 Å². The maximum Gasteiger partial charge on any atom is 0.0546 e. The van der Waals surface area contributed by atoms with Crippen molar-refractivity contribution >= 4 is 66.4 Å². The van der Waals surface area contributed by atoms with Gasteiger partial charge < -0.3 is 9.80 Å². The zero-order valence-electron chi connectivity index (χ0n) is 50.7. The molecule has 0 aliphatic rings. The lowest BCUT2D eigenvalue weighted by molar-refractivity contribution is 1.30. The van der Waals surface area contributed by atoms with E-state index in [0.717, 1.165) is 155 Å². The topological polar surface area (TPSA) is 6.48 Å². The second-order valence-electron chi connectivity index (χ2n) is 23.7. The Bertz CT molecular complexity index is 4470. The van der Waals surface area contributed by atoms with Crippen LogP contribution >= 0.6 is 0 Å². The summed E-state index contributed by atoms with van der Waals surface area (Å²) >= 11 is 0. The van der Waals surface area contributed by atoms with Crippen molar-refractivity contribution in [2.45, 2.75) is 0 Å². The fourth-order valence-corrected chi connectivity index (χ4v) is 13.5. The van der Waals surface area contributed by atoms with Gasteiger partial charge in [-0.2, -0.15) is 0 Å². The molecule has 2 heteroatoms. The Kier molecular flexibility index (Phi) is 14.7. The summed E-state index contributed by atoms with van der Waals surface area (Å²) in [5.74, 6) is 0. The Hall–Kier alpha value is -12.1. The van der Waals surface area contributed by atoms with Crippen molar-refractivity contribution in [1.29, 1.82) is 0 Å². The average molecular weight is 1170 g/mol. The van der Waals surface area contributed by atoms with E-state index in [1.54, 1.807) is 0 Å². The maximum absolute atomic E-state index is 2.54. The van der Waals surface area contributed by atoms with Crippen LogP contribution in [0, 0.1) is 0 Å². The van der Waals surface area contributed by atoms with Crippen molar-refractivity contribution < 1.29 is 0 Å². The van der Waals surface area contributed by atoms with E-state index in [2.05, 4.69) is 386 Å². The van der Waals surface area contributed by atoms with Gasteiger partial charge in [-0.05, 0) is 195 Å². The van der Waals surface area contributed by atoms with Crippen LogP contribution in [0.15, 0.2) is 376 Å². The number of hydrogen-bond donors (Lipinski definition) is 0. The molecule has 0 aliphatic carbocycles. The van der Waals surface area contributed by atoms with Gasteiger partial charge in [0.15, 0.2) is 0 Å². The van der Waals surface area contributed by atoms with E-state index in [4.69, 9.17) is 0 Å². The molecule has 2 nitrogen and oxygen atoms in total. The smallest absolute Gasteiger partial charge is 0.0546 e. The summed E-state index contributed by atoms with van der Waals surface area (Å²) in [6.07, 6.45) is 0. The van der Waals surface area contributed by atoms with E-state index >= 15 is 0 Å². The molecule has 0 radical (unpaired) electrons. The van der Waals surface area contributed by atoms with Crippen LogP contribution in [0.4, 0.5) is 34.1 Å². The summed E-state index contributed by atoms with van der Waals surface area (Å²) < 4.78 is 0. The van der Waals surface area contributed by atoms with Gasteiger partial charge in [0.25, 0.3) is 0 Å². The van der Waals surface area contributed by atoms with E-state index in [9.17, 15) is 0 Å². The SMILES string of the molecule is c1ccc(-c2cc(-c3ccccc3)cc(N(c3cc(-c4ccccc4)cc(-c4ccccc4)c3)c3cc4c5ccccc5c(N(c5cc(-c6ccccc6)cc(-c6ccccc6)c5)c5cc(-c6ccccc6)cc(-c6ccccc6)c5)cc4c4ccccc34)c2)cc1. The van der Waals surface area contributed by atoms with Gasteiger partial charge in [-0.25, -0.2) is 0 Å². The summed E-state index contributed by atoms with van der Waals surface area (Å²) in [4.78, 5) is 5.07. The molecular formula is C90H62N2. The largest absolute Gasteiger partial charge is 0.310 e. The Morgan fingerprint density at radius 3 is 0.467 bits per heavy atom.